The molecule has 8 nitrogen and oxygen atoms in total. The fourth-order valence-electron chi connectivity index (χ4n) is 5.48. The van der Waals surface area contributed by atoms with E-state index >= 15 is 0 Å². The van der Waals surface area contributed by atoms with Crippen molar-refractivity contribution >= 4 is 11.7 Å². The van der Waals surface area contributed by atoms with Crippen molar-refractivity contribution in [2.75, 3.05) is 25.0 Å². The molecule has 0 unspecified atom stereocenters. The summed E-state index contributed by atoms with van der Waals surface area (Å²) in [5.41, 5.74) is 1.41. The number of rotatable bonds is 12. The minimum atomic E-state index is -0.955. The number of allylic oxidation sites excluding steroid dienone is 4. The first-order chi connectivity index (χ1) is 20.9. The first kappa shape index (κ1) is 31.1. The monoisotopic (exact) mass is 576 g/mol. The molecule has 1 aliphatic rings. The summed E-state index contributed by atoms with van der Waals surface area (Å²) in [6.45, 7) is 16.4. The molecule has 3 aromatic rings. The predicted molar refractivity (Wildman–Crippen MR) is 171 cm³/mol. The third-order valence-electron chi connectivity index (χ3n) is 7.31. The van der Waals surface area contributed by atoms with Crippen LogP contribution < -0.4 is 11.0 Å². The first-order valence-electron chi connectivity index (χ1n) is 13.9. The Morgan fingerprint density at radius 2 is 1.56 bits per heavy atom. The van der Waals surface area contributed by atoms with Gasteiger partial charge in [0.1, 0.15) is 5.82 Å². The number of aliphatic hydroxyl groups is 1. The largest absolute Gasteiger partial charge is 0.394 e. The van der Waals surface area contributed by atoms with E-state index in [9.17, 15) is 14.7 Å². The molecule has 0 radical (unpaired) electrons. The molecule has 2 atom stereocenters. The number of carbonyl (C=O) groups excluding carboxylic acids is 1. The highest BCUT2D eigenvalue weighted by Gasteiger charge is 2.47. The molecule has 1 saturated heterocycles. The summed E-state index contributed by atoms with van der Waals surface area (Å²) in [6.07, 6.45) is 10.8. The molecule has 4 rings (SSSR count). The molecular weight excluding hydrogens is 540 g/mol. The normalized spacial score (nSPS) is 19.1. The van der Waals surface area contributed by atoms with Gasteiger partial charge in [0.25, 0.3) is 5.91 Å². The van der Waals surface area contributed by atoms with Crippen LogP contribution in [-0.4, -0.2) is 51.3 Å². The third kappa shape index (κ3) is 6.47. The average molecular weight is 577 g/mol. The van der Waals surface area contributed by atoms with Gasteiger partial charge in [-0.25, -0.2) is 4.79 Å². The zero-order chi connectivity index (χ0) is 30.8. The Hall–Kier alpha value is -4.89. The molecule has 0 bridgehead atoms. The van der Waals surface area contributed by atoms with Gasteiger partial charge in [-0.15, -0.1) is 0 Å². The number of hydrogen-bond donors (Lipinski definition) is 2. The van der Waals surface area contributed by atoms with E-state index in [0.717, 1.165) is 16.7 Å². The van der Waals surface area contributed by atoms with E-state index in [4.69, 9.17) is 4.74 Å². The van der Waals surface area contributed by atoms with Gasteiger partial charge in [-0.2, -0.15) is 4.98 Å². The number of anilines is 1. The lowest BCUT2D eigenvalue weighted by molar-refractivity contribution is -0.151. The fraction of sp³-hybridized carbons (Fsp3) is 0.171. The maximum absolute atomic E-state index is 13.3. The maximum atomic E-state index is 13.3. The summed E-state index contributed by atoms with van der Waals surface area (Å²) in [4.78, 5) is 32.2. The van der Waals surface area contributed by atoms with E-state index in [0.29, 0.717) is 12.1 Å². The van der Waals surface area contributed by atoms with E-state index in [-0.39, 0.29) is 24.9 Å². The summed E-state index contributed by atoms with van der Waals surface area (Å²) in [7, 11) is 0. The fourth-order valence-corrected chi connectivity index (χ4v) is 5.48. The van der Waals surface area contributed by atoms with Crippen LogP contribution in [0.5, 0.6) is 0 Å². The molecule has 2 aromatic carbocycles. The van der Waals surface area contributed by atoms with Gasteiger partial charge in [0, 0.05) is 24.8 Å². The van der Waals surface area contributed by atoms with Gasteiger partial charge in [-0.3, -0.25) is 14.3 Å². The third-order valence-corrected chi connectivity index (χ3v) is 7.31. The number of hydrogen-bond acceptors (Lipinski definition) is 6. The molecule has 1 amide bonds. The number of nitrogens with zero attached hydrogens (tertiary/aromatic N) is 3. The average Bonchev–Trinajstić information content (AvgIpc) is 3.04. The van der Waals surface area contributed by atoms with Crippen LogP contribution in [0.1, 0.15) is 22.1 Å². The molecular formula is C35H36N4O4. The predicted octanol–water partition coefficient (Wildman–Crippen LogP) is 5.18. The molecule has 0 spiro atoms. The van der Waals surface area contributed by atoms with E-state index in [2.05, 4.69) is 41.5 Å². The van der Waals surface area contributed by atoms with Crippen molar-refractivity contribution in [3.8, 4) is 0 Å². The molecule has 8 heteroatoms. The van der Waals surface area contributed by atoms with Crippen molar-refractivity contribution < 1.29 is 14.6 Å². The van der Waals surface area contributed by atoms with E-state index < -0.39 is 23.6 Å². The second-order valence-electron chi connectivity index (χ2n) is 9.82. The number of nitrogens with one attached hydrogen (secondary N) is 1. The standard InChI is InChI=1S/C35H36N4O4/c1-5-15-27(7-3)35(28(8-4)16-6-2,29-19-13-10-14-20-29)38-23-30(25-40)43-32(24-38)39-22-21-31(37-34(39)42)36-33(41)26-17-11-9-12-18-26/h5-22,30,32,40H,1-4,23-25H2,(H,36,37,41,42)/b27-15+,28-16+/t30-,32+/m0/s1. The summed E-state index contributed by atoms with van der Waals surface area (Å²) in [6, 6.07) is 20.1. The zero-order valence-corrected chi connectivity index (χ0v) is 24.0. The van der Waals surface area contributed by atoms with Gasteiger partial charge in [-0.1, -0.05) is 111 Å². The summed E-state index contributed by atoms with van der Waals surface area (Å²) >= 11 is 0. The summed E-state index contributed by atoms with van der Waals surface area (Å²) in [5, 5.41) is 13.0. The Balaban J connectivity index is 1.81. The Morgan fingerprint density at radius 1 is 0.953 bits per heavy atom. The van der Waals surface area contributed by atoms with Crippen molar-refractivity contribution in [1.29, 1.82) is 0 Å². The van der Waals surface area contributed by atoms with Gasteiger partial charge in [0.15, 0.2) is 6.23 Å². The molecule has 1 aliphatic heterocycles. The lowest BCUT2D eigenvalue weighted by Crippen LogP contribution is -2.58. The van der Waals surface area contributed by atoms with Gasteiger partial charge in [-0.05, 0) is 34.9 Å². The summed E-state index contributed by atoms with van der Waals surface area (Å²) < 4.78 is 7.57. The molecule has 43 heavy (non-hydrogen) atoms. The van der Waals surface area contributed by atoms with Gasteiger partial charge < -0.3 is 15.2 Å². The van der Waals surface area contributed by atoms with Crippen LogP contribution in [-0.2, 0) is 10.3 Å². The van der Waals surface area contributed by atoms with Crippen molar-refractivity contribution in [3.05, 3.63) is 168 Å². The number of ether oxygens (including phenoxy) is 1. The van der Waals surface area contributed by atoms with Crippen molar-refractivity contribution in [3.63, 3.8) is 0 Å². The molecule has 0 saturated carbocycles. The van der Waals surface area contributed by atoms with Crippen LogP contribution in [0.2, 0.25) is 0 Å². The minimum absolute atomic E-state index is 0.117. The SMILES string of the molecule is C=C/C=C(\C=C)C(/C(C=C)=C/C=C)(c1ccccc1)N1C[C@@H](CO)O[C@@H](n2ccc(NC(=O)c3ccccc3)nc2=O)C1. The summed E-state index contributed by atoms with van der Waals surface area (Å²) in [5.74, 6) is -0.263. The number of benzene rings is 2. The molecule has 2 N–H and O–H groups in total. The van der Waals surface area contributed by atoms with Gasteiger partial charge in [0.2, 0.25) is 0 Å². The molecule has 0 aliphatic carbocycles. The second-order valence-corrected chi connectivity index (χ2v) is 9.82. The number of amides is 1. The molecule has 2 heterocycles. The quantitative estimate of drug-likeness (QED) is 0.289. The van der Waals surface area contributed by atoms with Gasteiger partial charge in [0.05, 0.1) is 18.2 Å². The number of aliphatic hydroxyl groups excluding tert-OH is 1. The minimum Gasteiger partial charge on any atom is -0.394 e. The van der Waals surface area contributed by atoms with E-state index in [1.54, 1.807) is 54.6 Å². The van der Waals surface area contributed by atoms with Gasteiger partial charge >= 0.3 is 5.69 Å². The van der Waals surface area contributed by atoms with Crippen LogP contribution >= 0.6 is 0 Å². The van der Waals surface area contributed by atoms with E-state index in [1.165, 1.54) is 10.8 Å². The number of morpholine rings is 1. The Bertz CT molecular complexity index is 1560. The second kappa shape index (κ2) is 14.3. The number of aromatic nitrogens is 2. The lowest BCUT2D eigenvalue weighted by atomic mass is 9.73. The van der Waals surface area contributed by atoms with E-state index in [1.807, 2.05) is 48.6 Å². The number of carbonyl (C=O) groups is 1. The van der Waals surface area contributed by atoms with Crippen LogP contribution in [0.3, 0.4) is 0 Å². The maximum Gasteiger partial charge on any atom is 0.351 e. The van der Waals surface area contributed by atoms with Crippen molar-refractivity contribution in [1.82, 2.24) is 14.5 Å². The molecule has 1 fully saturated rings. The highest BCUT2D eigenvalue weighted by atomic mass is 16.5. The zero-order valence-electron chi connectivity index (χ0n) is 24.0. The molecule has 220 valence electrons. The van der Waals surface area contributed by atoms with Crippen LogP contribution in [0.4, 0.5) is 5.82 Å². The molecule has 1 aromatic heterocycles. The highest BCUT2D eigenvalue weighted by Crippen LogP contribution is 2.46. The van der Waals surface area contributed by atoms with Crippen molar-refractivity contribution in [2.24, 2.45) is 0 Å². The van der Waals surface area contributed by atoms with Crippen LogP contribution in [0, 0.1) is 0 Å². The van der Waals surface area contributed by atoms with Crippen molar-refractivity contribution in [2.45, 2.75) is 17.9 Å². The Labute approximate surface area is 252 Å². The topological polar surface area (TPSA) is 96.7 Å². The lowest BCUT2D eigenvalue weighted by Gasteiger charge is -2.51. The Morgan fingerprint density at radius 3 is 2.09 bits per heavy atom. The van der Waals surface area contributed by atoms with Crippen LogP contribution in [0.25, 0.3) is 0 Å². The first-order valence-corrected chi connectivity index (χ1v) is 13.9. The van der Waals surface area contributed by atoms with Crippen LogP contribution in [0.15, 0.2) is 152 Å². The Kier molecular flexibility index (Phi) is 10.3. The smallest absolute Gasteiger partial charge is 0.351 e. The highest BCUT2D eigenvalue weighted by molar-refractivity contribution is 6.03.